The van der Waals surface area contributed by atoms with Gasteiger partial charge in [0.1, 0.15) is 0 Å². The van der Waals surface area contributed by atoms with Crippen LogP contribution in [-0.2, 0) is 22.2 Å². The molecule has 0 saturated heterocycles. The Morgan fingerprint density at radius 2 is 1.82 bits per heavy atom. The van der Waals surface area contributed by atoms with Gasteiger partial charge in [-0.25, -0.2) is 10.3 Å². The summed E-state index contributed by atoms with van der Waals surface area (Å²) in [5, 5.41) is 0.0144. The topological polar surface area (TPSA) is 38.3 Å². The van der Waals surface area contributed by atoms with Crippen molar-refractivity contribution in [1.82, 2.24) is 0 Å². The van der Waals surface area contributed by atoms with E-state index in [1.54, 1.807) is 30.3 Å². The zero-order valence-corrected chi connectivity index (χ0v) is 11.9. The fraction of sp³-hybridized carbons (Fsp3) is 0.133. The summed E-state index contributed by atoms with van der Waals surface area (Å²) in [5.74, 6) is -0.639. The summed E-state index contributed by atoms with van der Waals surface area (Å²) in [6.45, 7) is 0. The van der Waals surface area contributed by atoms with E-state index in [1.807, 2.05) is 0 Å². The number of halogens is 4. The number of carbonyl (C=O) groups excluding carboxylic acids is 1. The predicted molar refractivity (Wildman–Crippen MR) is 76.3 cm³/mol. The van der Waals surface area contributed by atoms with Crippen LogP contribution in [0.2, 0.25) is 5.02 Å². The maximum absolute atomic E-state index is 12.6. The average molecular weight is 330 g/mol. The quantitative estimate of drug-likeness (QED) is 0.841. The van der Waals surface area contributed by atoms with Crippen LogP contribution in [0.5, 0.6) is 0 Å². The molecular weight excluding hydrogens is 319 g/mol. The standard InChI is InChI=1S/C15H11ClF3NO2/c16-12-7-6-11(15(17,18)19)9-13(12)20-22-14(21)8-10-4-2-1-3-5-10/h1-7,9,20H,8H2. The van der Waals surface area contributed by atoms with Gasteiger partial charge in [0.25, 0.3) is 0 Å². The summed E-state index contributed by atoms with van der Waals surface area (Å²) in [6, 6.07) is 11.5. The van der Waals surface area contributed by atoms with Crippen LogP contribution in [0.4, 0.5) is 18.9 Å². The van der Waals surface area contributed by atoms with Crippen molar-refractivity contribution in [2.24, 2.45) is 0 Å². The molecule has 0 unspecified atom stereocenters. The van der Waals surface area contributed by atoms with Gasteiger partial charge in [0, 0.05) is 0 Å². The summed E-state index contributed by atoms with van der Waals surface area (Å²) in [7, 11) is 0. The Kier molecular flexibility index (Phi) is 4.92. The van der Waals surface area contributed by atoms with Crippen LogP contribution in [0, 0.1) is 0 Å². The molecule has 0 fully saturated rings. The van der Waals surface area contributed by atoms with Gasteiger partial charge in [-0.3, -0.25) is 0 Å². The molecule has 0 aromatic heterocycles. The molecule has 0 spiro atoms. The van der Waals surface area contributed by atoms with E-state index in [9.17, 15) is 18.0 Å². The lowest BCUT2D eigenvalue weighted by Gasteiger charge is -2.12. The summed E-state index contributed by atoms with van der Waals surface area (Å²) in [4.78, 5) is 16.4. The minimum atomic E-state index is -4.50. The molecule has 0 bridgehead atoms. The molecule has 1 N–H and O–H groups in total. The zero-order valence-electron chi connectivity index (χ0n) is 11.2. The second-order valence-corrected chi connectivity index (χ2v) is 4.84. The third-order valence-corrected chi connectivity index (χ3v) is 3.09. The summed E-state index contributed by atoms with van der Waals surface area (Å²) < 4.78 is 37.8. The Morgan fingerprint density at radius 1 is 1.14 bits per heavy atom. The Morgan fingerprint density at radius 3 is 2.45 bits per heavy atom. The van der Waals surface area contributed by atoms with Crippen LogP contribution in [0.25, 0.3) is 0 Å². The van der Waals surface area contributed by atoms with Crippen molar-refractivity contribution in [3.63, 3.8) is 0 Å². The van der Waals surface area contributed by atoms with Gasteiger partial charge in [0.2, 0.25) is 0 Å². The van der Waals surface area contributed by atoms with E-state index in [0.717, 1.165) is 23.8 Å². The van der Waals surface area contributed by atoms with E-state index in [0.29, 0.717) is 0 Å². The van der Waals surface area contributed by atoms with Crippen molar-refractivity contribution in [2.75, 3.05) is 5.48 Å². The van der Waals surface area contributed by atoms with Gasteiger partial charge in [-0.1, -0.05) is 41.9 Å². The van der Waals surface area contributed by atoms with Crippen LogP contribution in [0.15, 0.2) is 48.5 Å². The number of rotatable bonds is 4. The van der Waals surface area contributed by atoms with Crippen LogP contribution in [0.1, 0.15) is 11.1 Å². The maximum atomic E-state index is 12.6. The Balaban J connectivity index is 2.00. The van der Waals surface area contributed by atoms with Gasteiger partial charge < -0.3 is 4.84 Å². The van der Waals surface area contributed by atoms with Crippen molar-refractivity contribution in [2.45, 2.75) is 12.6 Å². The molecule has 2 rings (SSSR count). The third-order valence-electron chi connectivity index (χ3n) is 2.76. The molecular formula is C15H11ClF3NO2. The second kappa shape index (κ2) is 6.70. The normalized spacial score (nSPS) is 11.1. The molecule has 22 heavy (non-hydrogen) atoms. The van der Waals surface area contributed by atoms with Gasteiger partial charge >= 0.3 is 12.1 Å². The van der Waals surface area contributed by atoms with E-state index >= 15 is 0 Å². The average Bonchev–Trinajstić information content (AvgIpc) is 2.46. The lowest BCUT2D eigenvalue weighted by atomic mass is 10.2. The molecule has 116 valence electrons. The molecule has 0 saturated carbocycles. The molecule has 0 aliphatic heterocycles. The SMILES string of the molecule is O=C(Cc1ccccc1)ONc1cc(C(F)(F)F)ccc1Cl. The zero-order chi connectivity index (χ0) is 16.2. The lowest BCUT2D eigenvalue weighted by molar-refractivity contribution is -0.139. The van der Waals surface area contributed by atoms with Crippen LogP contribution in [0.3, 0.4) is 0 Å². The number of nitrogens with one attached hydrogen (secondary N) is 1. The molecule has 2 aromatic carbocycles. The molecule has 7 heteroatoms. The Hall–Kier alpha value is -2.21. The Labute approximate surface area is 129 Å². The molecule has 0 aliphatic rings. The smallest absolute Gasteiger partial charge is 0.343 e. The largest absolute Gasteiger partial charge is 0.416 e. The molecule has 0 amide bonds. The number of alkyl halides is 3. The number of hydrogen-bond acceptors (Lipinski definition) is 3. The van der Waals surface area contributed by atoms with Gasteiger partial charge in [-0.2, -0.15) is 13.2 Å². The third kappa shape index (κ3) is 4.39. The monoisotopic (exact) mass is 329 g/mol. The Bertz CT molecular complexity index is 660. The van der Waals surface area contributed by atoms with Crippen molar-refractivity contribution >= 4 is 23.3 Å². The van der Waals surface area contributed by atoms with Gasteiger partial charge in [-0.05, 0) is 23.8 Å². The highest BCUT2D eigenvalue weighted by Gasteiger charge is 2.31. The minimum absolute atomic E-state index is 0.00950. The van der Waals surface area contributed by atoms with E-state index in [1.165, 1.54) is 0 Å². The molecule has 0 aliphatic carbocycles. The van der Waals surface area contributed by atoms with Gasteiger partial charge in [-0.15, -0.1) is 0 Å². The maximum Gasteiger partial charge on any atom is 0.416 e. The molecule has 2 aromatic rings. The molecule has 0 heterocycles. The predicted octanol–water partition coefficient (Wildman–Crippen LogP) is 4.47. The van der Waals surface area contributed by atoms with Crippen LogP contribution < -0.4 is 5.48 Å². The minimum Gasteiger partial charge on any atom is -0.343 e. The van der Waals surface area contributed by atoms with E-state index < -0.39 is 17.7 Å². The number of anilines is 1. The van der Waals surface area contributed by atoms with Gasteiger partial charge in [0.15, 0.2) is 0 Å². The van der Waals surface area contributed by atoms with Crippen molar-refractivity contribution in [3.8, 4) is 0 Å². The second-order valence-electron chi connectivity index (χ2n) is 4.43. The lowest BCUT2D eigenvalue weighted by Crippen LogP contribution is -2.14. The molecule has 0 atom stereocenters. The first-order valence-electron chi connectivity index (χ1n) is 6.22. The summed E-state index contributed by atoms with van der Waals surface area (Å²) >= 11 is 5.77. The number of benzene rings is 2. The molecule has 0 radical (unpaired) electrons. The summed E-state index contributed by atoms with van der Waals surface area (Å²) in [6.07, 6.45) is -4.51. The van der Waals surface area contributed by atoms with E-state index in [-0.39, 0.29) is 17.1 Å². The highest BCUT2D eigenvalue weighted by Crippen LogP contribution is 2.33. The fourth-order valence-electron chi connectivity index (χ4n) is 1.69. The van der Waals surface area contributed by atoms with Crippen molar-refractivity contribution in [3.05, 3.63) is 64.7 Å². The van der Waals surface area contributed by atoms with Crippen molar-refractivity contribution < 1.29 is 22.8 Å². The van der Waals surface area contributed by atoms with E-state index in [2.05, 4.69) is 5.48 Å². The first kappa shape index (κ1) is 16.2. The number of hydrogen-bond donors (Lipinski definition) is 1. The van der Waals surface area contributed by atoms with E-state index in [4.69, 9.17) is 16.4 Å². The fourth-order valence-corrected chi connectivity index (χ4v) is 1.85. The first-order chi connectivity index (χ1) is 10.4. The van der Waals surface area contributed by atoms with Crippen LogP contribution >= 0.6 is 11.6 Å². The van der Waals surface area contributed by atoms with Crippen molar-refractivity contribution in [1.29, 1.82) is 0 Å². The number of carbonyl (C=O) groups is 1. The van der Waals surface area contributed by atoms with Gasteiger partial charge in [0.05, 0.1) is 22.7 Å². The van der Waals surface area contributed by atoms with Crippen LogP contribution in [-0.4, -0.2) is 5.97 Å². The summed E-state index contributed by atoms with van der Waals surface area (Å²) in [5.41, 5.74) is 1.87. The first-order valence-corrected chi connectivity index (χ1v) is 6.60. The highest BCUT2D eigenvalue weighted by atomic mass is 35.5. The molecule has 3 nitrogen and oxygen atoms in total. The highest BCUT2D eigenvalue weighted by molar-refractivity contribution is 6.33.